The molecule has 0 bridgehead atoms. The number of nitrogens with zero attached hydrogens (tertiary/aromatic N) is 1. The van der Waals surface area contributed by atoms with Gasteiger partial charge in [-0.05, 0) is 49.6 Å². The zero-order valence-electron chi connectivity index (χ0n) is 21.5. The Bertz CT molecular complexity index is 725. The smallest absolute Gasteiger partial charge is 0.333 e. The molecule has 1 aliphatic carbocycles. The van der Waals surface area contributed by atoms with Crippen LogP contribution in [0.15, 0.2) is 24.3 Å². The summed E-state index contributed by atoms with van der Waals surface area (Å²) in [5.74, 6) is 1.82. The number of unbranched alkanes of at least 4 members (excludes halogenated alkanes) is 2. The Balaban J connectivity index is 1.82. The molecule has 0 aliphatic heterocycles. The number of hydrogen-bond acceptors (Lipinski definition) is 5. The Morgan fingerprint density at radius 1 is 1.09 bits per heavy atom. The van der Waals surface area contributed by atoms with Gasteiger partial charge in [0.15, 0.2) is 6.10 Å². The van der Waals surface area contributed by atoms with Gasteiger partial charge in [-0.15, -0.1) is 0 Å². The van der Waals surface area contributed by atoms with Gasteiger partial charge in [0.2, 0.25) is 0 Å². The van der Waals surface area contributed by atoms with Crippen molar-refractivity contribution in [2.75, 3.05) is 37.8 Å². The molecule has 7 nitrogen and oxygen atoms in total. The van der Waals surface area contributed by atoms with Gasteiger partial charge in [-0.2, -0.15) is 11.8 Å². The van der Waals surface area contributed by atoms with Gasteiger partial charge in [0, 0.05) is 31.4 Å². The topological polar surface area (TPSA) is 88.1 Å². The fraction of sp³-hybridized carbons (Fsp3) is 0.704. The monoisotopic (exact) mass is 508 g/mol. The molecule has 1 saturated carbocycles. The van der Waals surface area contributed by atoms with E-state index in [0.29, 0.717) is 38.5 Å². The van der Waals surface area contributed by atoms with Crippen molar-refractivity contribution in [1.82, 2.24) is 10.2 Å². The third-order valence-corrected chi connectivity index (χ3v) is 7.28. The summed E-state index contributed by atoms with van der Waals surface area (Å²) in [6.45, 7) is 6.02. The molecule has 1 aliphatic rings. The van der Waals surface area contributed by atoms with E-state index in [0.717, 1.165) is 29.9 Å². The first-order valence-corrected chi connectivity index (χ1v) is 14.4. The summed E-state index contributed by atoms with van der Waals surface area (Å²) in [4.78, 5) is 26.1. The molecule has 35 heavy (non-hydrogen) atoms. The van der Waals surface area contributed by atoms with Crippen LogP contribution in [0.25, 0.3) is 0 Å². The Morgan fingerprint density at radius 3 is 2.49 bits per heavy atom. The molecule has 1 aromatic carbocycles. The van der Waals surface area contributed by atoms with E-state index in [1.165, 1.54) is 38.5 Å². The van der Waals surface area contributed by atoms with Gasteiger partial charge in [-0.25, -0.2) is 9.59 Å². The van der Waals surface area contributed by atoms with E-state index in [2.05, 4.69) is 12.2 Å². The van der Waals surface area contributed by atoms with Gasteiger partial charge in [0.05, 0.1) is 6.54 Å². The highest BCUT2D eigenvalue weighted by molar-refractivity contribution is 7.99. The van der Waals surface area contributed by atoms with Crippen LogP contribution in [-0.2, 0) is 16.0 Å². The average Bonchev–Trinajstić information content (AvgIpc) is 2.86. The SMILES string of the molecule is CCCCCSCCN(CCOc1ccc(CC(OCC)C(=O)O)cc1)C(=O)NC1CCCCC1. The van der Waals surface area contributed by atoms with Crippen molar-refractivity contribution in [2.24, 2.45) is 0 Å². The molecule has 0 aromatic heterocycles. The summed E-state index contributed by atoms with van der Waals surface area (Å²) >= 11 is 1.91. The first-order valence-electron chi connectivity index (χ1n) is 13.2. The minimum atomic E-state index is -0.956. The maximum atomic E-state index is 13.0. The number of thioether (sulfide) groups is 1. The standard InChI is InChI=1S/C27H44N2O5S/c1-3-5-9-19-35-20-17-29(27(32)28-23-10-7-6-8-11-23)16-18-34-24-14-12-22(13-15-24)21-25(26(30)31)33-4-2/h12-15,23,25H,3-11,16-21H2,1-2H3,(H,28,32)(H,30,31). The Kier molecular flexibility index (Phi) is 14.6. The number of ether oxygens (including phenoxy) is 2. The fourth-order valence-corrected chi connectivity index (χ4v) is 5.15. The lowest BCUT2D eigenvalue weighted by Crippen LogP contribution is -2.47. The van der Waals surface area contributed by atoms with Crippen molar-refractivity contribution in [1.29, 1.82) is 0 Å². The number of carbonyl (C=O) groups excluding carboxylic acids is 1. The van der Waals surface area contributed by atoms with Crippen molar-refractivity contribution < 1.29 is 24.2 Å². The summed E-state index contributed by atoms with van der Waals surface area (Å²) < 4.78 is 11.2. The zero-order chi connectivity index (χ0) is 25.3. The van der Waals surface area contributed by atoms with Crippen LogP contribution in [0.1, 0.15) is 70.8 Å². The lowest BCUT2D eigenvalue weighted by Gasteiger charge is -2.28. The number of carbonyl (C=O) groups is 2. The van der Waals surface area contributed by atoms with E-state index in [4.69, 9.17) is 9.47 Å². The van der Waals surface area contributed by atoms with Gasteiger partial charge in [0.1, 0.15) is 12.4 Å². The van der Waals surface area contributed by atoms with Crippen molar-refractivity contribution in [3.63, 3.8) is 0 Å². The third kappa shape index (κ3) is 12.0. The van der Waals surface area contributed by atoms with Gasteiger partial charge >= 0.3 is 12.0 Å². The number of benzene rings is 1. The first kappa shape index (κ1) is 29.3. The Hall–Kier alpha value is -1.93. The normalized spacial score (nSPS) is 14.9. The number of aliphatic carboxylic acids is 1. The molecule has 1 unspecified atom stereocenters. The maximum Gasteiger partial charge on any atom is 0.333 e. The van der Waals surface area contributed by atoms with E-state index in [9.17, 15) is 14.7 Å². The third-order valence-electron chi connectivity index (χ3n) is 6.24. The number of amides is 2. The van der Waals surface area contributed by atoms with Gasteiger partial charge in [-0.1, -0.05) is 51.2 Å². The summed E-state index contributed by atoms with van der Waals surface area (Å²) in [5.41, 5.74) is 0.881. The van der Waals surface area contributed by atoms with E-state index < -0.39 is 12.1 Å². The molecule has 2 rings (SSSR count). The van der Waals surface area contributed by atoms with Crippen LogP contribution in [-0.4, -0.2) is 72.0 Å². The highest BCUT2D eigenvalue weighted by Gasteiger charge is 2.20. The molecule has 1 aromatic rings. The van der Waals surface area contributed by atoms with Crippen LogP contribution in [0, 0.1) is 0 Å². The lowest BCUT2D eigenvalue weighted by atomic mass is 9.96. The predicted octanol–water partition coefficient (Wildman–Crippen LogP) is 5.37. The largest absolute Gasteiger partial charge is 0.492 e. The van der Waals surface area contributed by atoms with Gasteiger partial charge in [-0.3, -0.25) is 0 Å². The van der Waals surface area contributed by atoms with E-state index >= 15 is 0 Å². The number of nitrogens with one attached hydrogen (secondary N) is 1. The molecule has 0 heterocycles. The predicted molar refractivity (Wildman–Crippen MR) is 143 cm³/mol. The summed E-state index contributed by atoms with van der Waals surface area (Å²) in [6, 6.07) is 7.72. The van der Waals surface area contributed by atoms with Crippen molar-refractivity contribution in [3.05, 3.63) is 29.8 Å². The number of rotatable bonds is 17. The van der Waals surface area contributed by atoms with Crippen LogP contribution >= 0.6 is 11.8 Å². The number of carboxylic acids is 1. The molecule has 1 fully saturated rings. The second-order valence-corrected chi connectivity index (χ2v) is 10.3. The maximum absolute atomic E-state index is 13.0. The molecular weight excluding hydrogens is 464 g/mol. The zero-order valence-corrected chi connectivity index (χ0v) is 22.3. The van der Waals surface area contributed by atoms with Crippen LogP contribution in [0.4, 0.5) is 4.79 Å². The minimum absolute atomic E-state index is 0.0145. The van der Waals surface area contributed by atoms with Crippen LogP contribution < -0.4 is 10.1 Å². The lowest BCUT2D eigenvalue weighted by molar-refractivity contribution is -0.149. The summed E-state index contributed by atoms with van der Waals surface area (Å²) in [5, 5.41) is 12.5. The molecule has 0 saturated heterocycles. The molecule has 2 amide bonds. The van der Waals surface area contributed by atoms with Crippen LogP contribution in [0.2, 0.25) is 0 Å². The van der Waals surface area contributed by atoms with E-state index in [1.807, 2.05) is 40.9 Å². The summed E-state index contributed by atoms with van der Waals surface area (Å²) in [6.07, 6.45) is 8.96. The van der Waals surface area contributed by atoms with Crippen LogP contribution in [0.3, 0.4) is 0 Å². The molecule has 1 atom stereocenters. The Morgan fingerprint density at radius 2 is 1.83 bits per heavy atom. The molecule has 0 spiro atoms. The highest BCUT2D eigenvalue weighted by atomic mass is 32.2. The summed E-state index contributed by atoms with van der Waals surface area (Å²) in [7, 11) is 0. The Labute approximate surface area is 215 Å². The molecule has 0 radical (unpaired) electrons. The van der Waals surface area contributed by atoms with Crippen molar-refractivity contribution >= 4 is 23.8 Å². The fourth-order valence-electron chi connectivity index (χ4n) is 4.19. The van der Waals surface area contributed by atoms with Crippen molar-refractivity contribution in [2.45, 2.75) is 83.8 Å². The molecule has 2 N–H and O–H groups in total. The van der Waals surface area contributed by atoms with E-state index in [1.54, 1.807) is 6.92 Å². The quantitative estimate of drug-likeness (QED) is 0.275. The van der Waals surface area contributed by atoms with Gasteiger partial charge in [0.25, 0.3) is 0 Å². The average molecular weight is 509 g/mol. The highest BCUT2D eigenvalue weighted by Crippen LogP contribution is 2.18. The molecular formula is C27H44N2O5S. The molecule has 8 heteroatoms. The second kappa shape index (κ2) is 17.5. The number of urea groups is 1. The molecule has 198 valence electrons. The number of hydrogen-bond donors (Lipinski definition) is 2. The minimum Gasteiger partial charge on any atom is -0.492 e. The van der Waals surface area contributed by atoms with E-state index in [-0.39, 0.29) is 12.1 Å². The number of carboxylic acid groups (broad SMARTS) is 1. The van der Waals surface area contributed by atoms with Crippen LogP contribution in [0.5, 0.6) is 5.75 Å². The van der Waals surface area contributed by atoms with Crippen molar-refractivity contribution in [3.8, 4) is 5.75 Å². The van der Waals surface area contributed by atoms with Gasteiger partial charge < -0.3 is 24.8 Å². The second-order valence-electron chi connectivity index (χ2n) is 9.07. The first-order chi connectivity index (χ1) is 17.0.